The van der Waals surface area contributed by atoms with E-state index in [4.69, 9.17) is 4.74 Å². The first kappa shape index (κ1) is 18.4. The summed E-state index contributed by atoms with van der Waals surface area (Å²) in [7, 11) is 0. The first-order valence-electron chi connectivity index (χ1n) is 8.40. The highest BCUT2D eigenvalue weighted by molar-refractivity contribution is 7.98. The van der Waals surface area contributed by atoms with Crippen molar-refractivity contribution in [3.8, 4) is 11.6 Å². The molecular weight excluding hydrogens is 347 g/mol. The fraction of sp³-hybridized carbons (Fsp3) is 0.238. The van der Waals surface area contributed by atoms with Gasteiger partial charge >= 0.3 is 0 Å². The fourth-order valence-electron chi connectivity index (χ4n) is 2.24. The number of aromatic nitrogens is 2. The van der Waals surface area contributed by atoms with E-state index in [-0.39, 0.29) is 11.2 Å². The topological polar surface area (TPSA) is 35.0 Å². The van der Waals surface area contributed by atoms with Gasteiger partial charge in [0.15, 0.2) is 5.16 Å². The molecule has 0 saturated heterocycles. The SMILES string of the molecule is CC(C)(C)c1cc(Oc2ccccc2)nc(SCc2ccc(F)cc2)n1. The van der Waals surface area contributed by atoms with E-state index in [2.05, 4.69) is 30.7 Å². The van der Waals surface area contributed by atoms with Gasteiger partial charge in [0, 0.05) is 17.2 Å². The molecule has 0 spiro atoms. The summed E-state index contributed by atoms with van der Waals surface area (Å²) >= 11 is 1.51. The molecule has 0 fully saturated rings. The Balaban J connectivity index is 1.83. The van der Waals surface area contributed by atoms with Crippen molar-refractivity contribution in [1.82, 2.24) is 9.97 Å². The molecule has 0 aliphatic rings. The van der Waals surface area contributed by atoms with Gasteiger partial charge in [-0.05, 0) is 29.8 Å². The summed E-state index contributed by atoms with van der Waals surface area (Å²) < 4.78 is 19.0. The Hall–Kier alpha value is -2.40. The van der Waals surface area contributed by atoms with Gasteiger partial charge < -0.3 is 4.74 Å². The zero-order valence-electron chi connectivity index (χ0n) is 15.1. The van der Waals surface area contributed by atoms with Crippen LogP contribution in [-0.4, -0.2) is 9.97 Å². The minimum absolute atomic E-state index is 0.122. The van der Waals surface area contributed by atoms with Gasteiger partial charge in [0.2, 0.25) is 5.88 Å². The largest absolute Gasteiger partial charge is 0.439 e. The van der Waals surface area contributed by atoms with Crippen LogP contribution in [0.4, 0.5) is 4.39 Å². The van der Waals surface area contributed by atoms with E-state index in [9.17, 15) is 4.39 Å². The second-order valence-corrected chi connectivity index (χ2v) is 7.90. The van der Waals surface area contributed by atoms with Crippen LogP contribution < -0.4 is 4.74 Å². The Kier molecular flexibility index (Phi) is 5.57. The third-order valence-corrected chi connectivity index (χ3v) is 4.62. The highest BCUT2D eigenvalue weighted by atomic mass is 32.2. The first-order chi connectivity index (χ1) is 12.4. The van der Waals surface area contributed by atoms with Crippen molar-refractivity contribution < 1.29 is 9.13 Å². The van der Waals surface area contributed by atoms with E-state index in [1.165, 1.54) is 23.9 Å². The Morgan fingerprint density at radius 1 is 0.962 bits per heavy atom. The lowest BCUT2D eigenvalue weighted by atomic mass is 9.92. The molecule has 26 heavy (non-hydrogen) atoms. The number of hydrogen-bond acceptors (Lipinski definition) is 4. The molecule has 0 N–H and O–H groups in total. The van der Waals surface area contributed by atoms with Crippen LogP contribution in [0.15, 0.2) is 65.8 Å². The van der Waals surface area contributed by atoms with Crippen molar-refractivity contribution in [2.45, 2.75) is 37.1 Å². The summed E-state index contributed by atoms with van der Waals surface area (Å²) in [5, 5.41) is 0.646. The maximum absolute atomic E-state index is 13.0. The minimum atomic E-state index is -0.233. The van der Waals surface area contributed by atoms with Crippen molar-refractivity contribution in [3.63, 3.8) is 0 Å². The lowest BCUT2D eigenvalue weighted by Gasteiger charge is -2.19. The Bertz CT molecular complexity index is 861. The molecule has 3 aromatic rings. The molecule has 1 heterocycles. The zero-order chi connectivity index (χ0) is 18.6. The van der Waals surface area contributed by atoms with Crippen LogP contribution in [0, 0.1) is 5.82 Å². The Morgan fingerprint density at radius 3 is 2.31 bits per heavy atom. The lowest BCUT2D eigenvalue weighted by molar-refractivity contribution is 0.447. The van der Waals surface area contributed by atoms with Gasteiger partial charge in [-0.3, -0.25) is 0 Å². The second-order valence-electron chi connectivity index (χ2n) is 6.95. The Labute approximate surface area is 157 Å². The molecule has 0 atom stereocenters. The molecule has 0 amide bonds. The highest BCUT2D eigenvalue weighted by Gasteiger charge is 2.19. The molecule has 0 unspecified atom stereocenters. The number of halogens is 1. The van der Waals surface area contributed by atoms with Crippen molar-refractivity contribution >= 4 is 11.8 Å². The maximum atomic E-state index is 13.0. The number of nitrogens with zero attached hydrogens (tertiary/aromatic N) is 2. The predicted octanol–water partition coefficient (Wildman–Crippen LogP) is 6.00. The first-order valence-corrected chi connectivity index (χ1v) is 9.38. The van der Waals surface area contributed by atoms with Crippen LogP contribution in [0.25, 0.3) is 0 Å². The van der Waals surface area contributed by atoms with Gasteiger partial charge in [-0.1, -0.05) is 62.9 Å². The quantitative estimate of drug-likeness (QED) is 0.409. The Morgan fingerprint density at radius 2 is 1.65 bits per heavy atom. The molecule has 0 bridgehead atoms. The molecule has 3 rings (SSSR count). The minimum Gasteiger partial charge on any atom is -0.439 e. The van der Waals surface area contributed by atoms with Crippen molar-refractivity contribution in [2.24, 2.45) is 0 Å². The summed E-state index contributed by atoms with van der Waals surface area (Å²) in [5.41, 5.74) is 1.81. The predicted molar refractivity (Wildman–Crippen MR) is 103 cm³/mol. The standard InChI is InChI=1S/C21H21FN2OS/c1-21(2,3)18-13-19(25-17-7-5-4-6-8-17)24-20(23-18)26-14-15-9-11-16(22)12-10-15/h4-13H,14H2,1-3H3. The summed E-state index contributed by atoms with van der Waals surface area (Å²) in [4.78, 5) is 9.21. The number of rotatable bonds is 5. The van der Waals surface area contributed by atoms with E-state index in [0.717, 1.165) is 17.0 Å². The molecule has 0 aliphatic carbocycles. The average molecular weight is 368 g/mol. The molecule has 0 aliphatic heterocycles. The van der Waals surface area contributed by atoms with Crippen LogP contribution in [0.1, 0.15) is 32.0 Å². The summed E-state index contributed by atoms with van der Waals surface area (Å²) in [6.45, 7) is 6.32. The summed E-state index contributed by atoms with van der Waals surface area (Å²) in [6.07, 6.45) is 0. The van der Waals surface area contributed by atoms with Crippen LogP contribution in [0.3, 0.4) is 0 Å². The average Bonchev–Trinajstić information content (AvgIpc) is 2.61. The molecule has 5 heteroatoms. The molecular formula is C21H21FN2OS. The number of ether oxygens (including phenoxy) is 1. The van der Waals surface area contributed by atoms with Crippen LogP contribution in [0.2, 0.25) is 0 Å². The molecule has 0 radical (unpaired) electrons. The number of para-hydroxylation sites is 1. The normalized spacial score (nSPS) is 11.4. The van der Waals surface area contributed by atoms with E-state index < -0.39 is 0 Å². The number of hydrogen-bond donors (Lipinski definition) is 0. The van der Waals surface area contributed by atoms with Crippen LogP contribution >= 0.6 is 11.8 Å². The highest BCUT2D eigenvalue weighted by Crippen LogP contribution is 2.29. The van der Waals surface area contributed by atoms with Crippen LogP contribution in [0.5, 0.6) is 11.6 Å². The molecule has 0 saturated carbocycles. The van der Waals surface area contributed by atoms with Gasteiger partial charge in [-0.25, -0.2) is 9.37 Å². The molecule has 134 valence electrons. The second kappa shape index (κ2) is 7.87. The summed E-state index contributed by atoms with van der Waals surface area (Å²) in [5.74, 6) is 1.69. The third kappa shape index (κ3) is 5.05. The molecule has 1 aromatic heterocycles. The van der Waals surface area contributed by atoms with E-state index in [1.54, 1.807) is 12.1 Å². The van der Waals surface area contributed by atoms with Crippen LogP contribution in [-0.2, 0) is 11.2 Å². The fourth-order valence-corrected chi connectivity index (χ4v) is 3.05. The maximum Gasteiger partial charge on any atom is 0.223 e. The molecule has 2 aromatic carbocycles. The smallest absolute Gasteiger partial charge is 0.223 e. The van der Waals surface area contributed by atoms with Gasteiger partial charge in [0.1, 0.15) is 11.6 Å². The van der Waals surface area contributed by atoms with E-state index in [0.29, 0.717) is 16.8 Å². The van der Waals surface area contributed by atoms with Crippen molar-refractivity contribution in [1.29, 1.82) is 0 Å². The molecule has 3 nitrogen and oxygen atoms in total. The van der Waals surface area contributed by atoms with Crippen molar-refractivity contribution in [3.05, 3.63) is 77.7 Å². The van der Waals surface area contributed by atoms with Gasteiger partial charge in [-0.15, -0.1) is 0 Å². The van der Waals surface area contributed by atoms with Gasteiger partial charge in [0.05, 0.1) is 5.69 Å². The van der Waals surface area contributed by atoms with Gasteiger partial charge in [0.25, 0.3) is 0 Å². The van der Waals surface area contributed by atoms with Gasteiger partial charge in [-0.2, -0.15) is 4.98 Å². The monoisotopic (exact) mass is 368 g/mol. The number of benzene rings is 2. The summed E-state index contributed by atoms with van der Waals surface area (Å²) in [6, 6.07) is 17.9. The van der Waals surface area contributed by atoms with E-state index >= 15 is 0 Å². The van der Waals surface area contributed by atoms with E-state index in [1.807, 2.05) is 36.4 Å². The third-order valence-electron chi connectivity index (χ3n) is 3.70. The zero-order valence-corrected chi connectivity index (χ0v) is 15.9. The van der Waals surface area contributed by atoms with Crippen molar-refractivity contribution in [2.75, 3.05) is 0 Å². The number of thioether (sulfide) groups is 1. The lowest BCUT2D eigenvalue weighted by Crippen LogP contribution is -2.14.